The summed E-state index contributed by atoms with van der Waals surface area (Å²) < 4.78 is 1.49. The molecule has 0 aliphatic rings. The molecule has 132 valence electrons. The highest BCUT2D eigenvalue weighted by Gasteiger charge is 2.19. The molecule has 1 aromatic heterocycles. The molecule has 0 saturated heterocycles. The zero-order valence-electron chi connectivity index (χ0n) is 13.9. The molecule has 0 radical (unpaired) electrons. The first-order chi connectivity index (χ1) is 12.4. The summed E-state index contributed by atoms with van der Waals surface area (Å²) in [5.74, 6) is -1.02. The average molecular weight is 370 g/mol. The minimum atomic E-state index is -0.702. The van der Waals surface area contributed by atoms with Gasteiger partial charge in [0.05, 0.1) is 23.1 Å². The maximum absolute atomic E-state index is 12.6. The van der Waals surface area contributed by atoms with E-state index in [4.69, 9.17) is 23.1 Å². The van der Waals surface area contributed by atoms with Gasteiger partial charge in [0.2, 0.25) is 0 Å². The second kappa shape index (κ2) is 6.89. The smallest absolute Gasteiger partial charge is 0.261 e. The second-order valence-corrected chi connectivity index (χ2v) is 6.09. The molecular weight excluding hydrogens is 354 g/mol. The molecule has 0 aliphatic heterocycles. The summed E-state index contributed by atoms with van der Waals surface area (Å²) in [7, 11) is 0. The van der Waals surface area contributed by atoms with Crippen LogP contribution >= 0.6 is 11.6 Å². The number of anilines is 2. The van der Waals surface area contributed by atoms with Gasteiger partial charge in [0.25, 0.3) is 11.8 Å². The summed E-state index contributed by atoms with van der Waals surface area (Å²) in [5.41, 5.74) is 13.7. The monoisotopic (exact) mass is 369 g/mol. The fraction of sp³-hybridized carbons (Fsp3) is 0.0556. The highest BCUT2D eigenvalue weighted by molar-refractivity contribution is 6.31. The van der Waals surface area contributed by atoms with Crippen molar-refractivity contribution in [3.8, 4) is 5.69 Å². The first kappa shape index (κ1) is 17.5. The van der Waals surface area contributed by atoms with Crippen LogP contribution in [0.15, 0.2) is 48.7 Å². The summed E-state index contributed by atoms with van der Waals surface area (Å²) in [6.45, 7) is 1.92. The molecule has 2 amide bonds. The number of nitrogen functional groups attached to an aromatic ring is 1. The van der Waals surface area contributed by atoms with Crippen molar-refractivity contribution >= 4 is 34.9 Å². The number of hydrogen-bond donors (Lipinski definition) is 3. The number of para-hydroxylation sites is 1. The van der Waals surface area contributed by atoms with Crippen molar-refractivity contribution < 1.29 is 9.59 Å². The predicted octanol–water partition coefficient (Wildman–Crippen LogP) is 2.77. The Morgan fingerprint density at radius 2 is 1.88 bits per heavy atom. The molecule has 0 fully saturated rings. The molecule has 2 aromatic carbocycles. The summed E-state index contributed by atoms with van der Waals surface area (Å²) in [6, 6.07) is 12.0. The Hall–Kier alpha value is -3.32. The third kappa shape index (κ3) is 3.25. The number of rotatable bonds is 4. The Balaban J connectivity index is 1.93. The fourth-order valence-corrected chi connectivity index (χ4v) is 2.72. The van der Waals surface area contributed by atoms with Gasteiger partial charge in [-0.1, -0.05) is 29.8 Å². The number of aromatic nitrogens is 2. The van der Waals surface area contributed by atoms with Crippen molar-refractivity contribution in [1.29, 1.82) is 0 Å². The lowest BCUT2D eigenvalue weighted by Crippen LogP contribution is -2.19. The zero-order chi connectivity index (χ0) is 18.8. The van der Waals surface area contributed by atoms with Gasteiger partial charge >= 0.3 is 0 Å². The summed E-state index contributed by atoms with van der Waals surface area (Å²) in [5, 5.41) is 7.16. The van der Waals surface area contributed by atoms with Crippen LogP contribution in [0.4, 0.5) is 11.5 Å². The number of hydrogen-bond acceptors (Lipinski definition) is 4. The number of halogens is 1. The Kier molecular flexibility index (Phi) is 4.64. The standard InChI is InChI=1S/C18H16ClN5O2/c1-10-4-2-3-5-15(10)24-16(20)13(9-22-24)18(26)23-14-7-6-11(19)8-12(14)17(21)25/h2-9H,20H2,1H3,(H2,21,25)(H,23,26). The highest BCUT2D eigenvalue weighted by Crippen LogP contribution is 2.24. The van der Waals surface area contributed by atoms with Crippen LogP contribution in [0.3, 0.4) is 0 Å². The van der Waals surface area contributed by atoms with Gasteiger partial charge in [-0.25, -0.2) is 4.68 Å². The van der Waals surface area contributed by atoms with Crippen molar-refractivity contribution in [1.82, 2.24) is 9.78 Å². The number of benzene rings is 2. The van der Waals surface area contributed by atoms with Gasteiger partial charge in [-0.3, -0.25) is 9.59 Å². The average Bonchev–Trinajstić information content (AvgIpc) is 2.98. The van der Waals surface area contributed by atoms with E-state index < -0.39 is 11.8 Å². The quantitative estimate of drug-likeness (QED) is 0.655. The van der Waals surface area contributed by atoms with Gasteiger partial charge < -0.3 is 16.8 Å². The molecule has 3 rings (SSSR count). The molecule has 0 saturated carbocycles. The number of aryl methyl sites for hydroxylation is 1. The van der Waals surface area contributed by atoms with E-state index >= 15 is 0 Å². The normalized spacial score (nSPS) is 10.5. The number of primary amides is 1. The van der Waals surface area contributed by atoms with Crippen LogP contribution in [-0.2, 0) is 0 Å². The van der Waals surface area contributed by atoms with E-state index in [-0.39, 0.29) is 22.6 Å². The van der Waals surface area contributed by atoms with Crippen LogP contribution in [0.25, 0.3) is 5.69 Å². The largest absolute Gasteiger partial charge is 0.383 e. The van der Waals surface area contributed by atoms with Crippen molar-refractivity contribution in [2.24, 2.45) is 5.73 Å². The second-order valence-electron chi connectivity index (χ2n) is 5.65. The summed E-state index contributed by atoms with van der Waals surface area (Å²) >= 11 is 5.87. The number of nitrogens with two attached hydrogens (primary N) is 2. The molecule has 0 spiro atoms. The predicted molar refractivity (Wildman–Crippen MR) is 101 cm³/mol. The van der Waals surface area contributed by atoms with Crippen molar-refractivity contribution in [2.45, 2.75) is 6.92 Å². The molecule has 0 atom stereocenters. The lowest BCUT2D eigenvalue weighted by Gasteiger charge is -2.10. The minimum absolute atomic E-state index is 0.107. The van der Waals surface area contributed by atoms with E-state index in [2.05, 4.69) is 10.4 Å². The lowest BCUT2D eigenvalue weighted by molar-refractivity contribution is 0.100. The SMILES string of the molecule is Cc1ccccc1-n1ncc(C(=O)Nc2ccc(Cl)cc2C(N)=O)c1N. The first-order valence-corrected chi connectivity index (χ1v) is 8.06. The van der Waals surface area contributed by atoms with Crippen molar-refractivity contribution in [3.63, 3.8) is 0 Å². The van der Waals surface area contributed by atoms with Crippen molar-refractivity contribution in [2.75, 3.05) is 11.1 Å². The Morgan fingerprint density at radius 1 is 1.15 bits per heavy atom. The molecule has 1 heterocycles. The summed E-state index contributed by atoms with van der Waals surface area (Å²) in [4.78, 5) is 24.2. The summed E-state index contributed by atoms with van der Waals surface area (Å²) in [6.07, 6.45) is 1.37. The van der Waals surface area contributed by atoms with Crippen molar-refractivity contribution in [3.05, 3.63) is 70.4 Å². The van der Waals surface area contributed by atoms with Crippen LogP contribution in [0.2, 0.25) is 5.02 Å². The van der Waals surface area contributed by atoms with Crippen LogP contribution in [0.1, 0.15) is 26.3 Å². The molecule has 26 heavy (non-hydrogen) atoms. The Labute approximate surface area is 154 Å². The fourth-order valence-electron chi connectivity index (χ4n) is 2.54. The van der Waals surface area contributed by atoms with Gasteiger partial charge in [-0.05, 0) is 36.8 Å². The topological polar surface area (TPSA) is 116 Å². The van der Waals surface area contributed by atoms with Crippen LogP contribution in [-0.4, -0.2) is 21.6 Å². The van der Waals surface area contributed by atoms with Crippen LogP contribution in [0.5, 0.6) is 0 Å². The number of carbonyl (C=O) groups excluding carboxylic acids is 2. The van der Waals surface area contributed by atoms with Gasteiger partial charge in [0.15, 0.2) is 0 Å². The number of nitrogens with one attached hydrogen (secondary N) is 1. The minimum Gasteiger partial charge on any atom is -0.383 e. The Morgan fingerprint density at radius 3 is 2.58 bits per heavy atom. The molecular formula is C18H16ClN5O2. The number of nitrogens with zero attached hydrogens (tertiary/aromatic N) is 2. The molecule has 7 nitrogen and oxygen atoms in total. The maximum atomic E-state index is 12.6. The zero-order valence-corrected chi connectivity index (χ0v) is 14.6. The number of amides is 2. The van der Waals surface area contributed by atoms with Gasteiger partial charge in [0.1, 0.15) is 11.4 Å². The van der Waals surface area contributed by atoms with Gasteiger partial charge in [-0.2, -0.15) is 5.10 Å². The third-order valence-electron chi connectivity index (χ3n) is 3.89. The highest BCUT2D eigenvalue weighted by atomic mass is 35.5. The maximum Gasteiger partial charge on any atom is 0.261 e. The molecule has 8 heteroatoms. The van der Waals surface area contributed by atoms with Crippen LogP contribution < -0.4 is 16.8 Å². The number of carbonyl (C=O) groups is 2. The van der Waals surface area contributed by atoms with E-state index in [1.54, 1.807) is 6.07 Å². The Bertz CT molecular complexity index is 1010. The van der Waals surface area contributed by atoms with Gasteiger partial charge in [0, 0.05) is 5.02 Å². The van der Waals surface area contributed by atoms with E-state index in [0.29, 0.717) is 5.02 Å². The van der Waals surface area contributed by atoms with Crippen LogP contribution in [0, 0.1) is 6.92 Å². The third-order valence-corrected chi connectivity index (χ3v) is 4.13. The van der Waals surface area contributed by atoms with E-state index in [1.165, 1.54) is 23.0 Å². The first-order valence-electron chi connectivity index (χ1n) is 7.68. The molecule has 0 aliphatic carbocycles. The molecule has 0 bridgehead atoms. The molecule has 3 aromatic rings. The van der Waals surface area contributed by atoms with E-state index in [9.17, 15) is 9.59 Å². The molecule has 0 unspecified atom stereocenters. The van der Waals surface area contributed by atoms with E-state index in [1.807, 2.05) is 31.2 Å². The lowest BCUT2D eigenvalue weighted by atomic mass is 10.1. The molecule has 5 N–H and O–H groups in total. The van der Waals surface area contributed by atoms with Gasteiger partial charge in [-0.15, -0.1) is 0 Å². The van der Waals surface area contributed by atoms with E-state index in [0.717, 1.165) is 11.3 Å².